The van der Waals surface area contributed by atoms with Crippen LogP contribution in [0.25, 0.3) is 10.6 Å². The maximum atomic E-state index is 11.3. The highest BCUT2D eigenvalue weighted by Gasteiger charge is 2.30. The summed E-state index contributed by atoms with van der Waals surface area (Å²) in [5.74, 6) is -0.951. The van der Waals surface area contributed by atoms with E-state index >= 15 is 0 Å². The third-order valence-corrected chi connectivity index (χ3v) is 5.17. The van der Waals surface area contributed by atoms with Crippen molar-refractivity contribution in [1.29, 1.82) is 0 Å². The number of aromatic hydroxyl groups is 1. The Morgan fingerprint density at radius 1 is 1.33 bits per heavy atom. The Morgan fingerprint density at radius 2 is 2.00 bits per heavy atom. The van der Waals surface area contributed by atoms with Crippen LogP contribution < -0.4 is 0 Å². The Bertz CT molecular complexity index is 697. The summed E-state index contributed by atoms with van der Waals surface area (Å²) in [6, 6.07) is 3.81. The molecule has 0 amide bonds. The lowest BCUT2D eigenvalue weighted by Gasteiger charge is -2.16. The van der Waals surface area contributed by atoms with Crippen molar-refractivity contribution in [2.24, 2.45) is 0 Å². The largest absolute Gasteiger partial charge is 0.507 e. The maximum Gasteiger partial charge on any atom is 0.312 e. The lowest BCUT2D eigenvalue weighted by atomic mass is 9.91. The Hall–Kier alpha value is -1.88. The second kappa shape index (κ2) is 5.15. The van der Waals surface area contributed by atoms with Crippen molar-refractivity contribution in [1.82, 2.24) is 4.98 Å². The topological polar surface area (TPSA) is 70.4 Å². The van der Waals surface area contributed by atoms with E-state index in [1.54, 1.807) is 11.3 Å². The standard InChI is InChI=1S/C16H17NO3S/c1-8-6-10(7-9(2)14(8)18)15-17-13-11(16(19)20)4-3-5-12(13)21-15/h6-7,11,18H,3-5H2,1-2H3,(H,19,20). The van der Waals surface area contributed by atoms with E-state index in [0.717, 1.165) is 45.1 Å². The van der Waals surface area contributed by atoms with Gasteiger partial charge in [0, 0.05) is 10.4 Å². The van der Waals surface area contributed by atoms with Crippen molar-refractivity contribution in [3.8, 4) is 16.3 Å². The number of aromatic nitrogens is 1. The van der Waals surface area contributed by atoms with Crippen molar-refractivity contribution < 1.29 is 15.0 Å². The number of thiazole rings is 1. The number of aliphatic carboxylic acids is 1. The number of nitrogens with zero attached hydrogens (tertiary/aromatic N) is 1. The first-order valence-electron chi connectivity index (χ1n) is 7.00. The molecule has 110 valence electrons. The molecule has 0 spiro atoms. The lowest BCUT2D eigenvalue weighted by Crippen LogP contribution is -2.17. The van der Waals surface area contributed by atoms with Gasteiger partial charge in [0.1, 0.15) is 10.8 Å². The van der Waals surface area contributed by atoms with Gasteiger partial charge in [0.2, 0.25) is 0 Å². The van der Waals surface area contributed by atoms with E-state index in [1.807, 2.05) is 26.0 Å². The predicted molar refractivity (Wildman–Crippen MR) is 82.0 cm³/mol. The number of aryl methyl sites for hydroxylation is 3. The minimum Gasteiger partial charge on any atom is -0.507 e. The number of carbonyl (C=O) groups is 1. The number of phenols is 1. The summed E-state index contributed by atoms with van der Waals surface area (Å²) in [5, 5.41) is 20.0. The van der Waals surface area contributed by atoms with Crippen LogP contribution in [0.5, 0.6) is 5.75 Å². The monoisotopic (exact) mass is 303 g/mol. The molecule has 2 aromatic rings. The Labute approximate surface area is 127 Å². The minimum absolute atomic E-state index is 0.309. The fraction of sp³-hybridized carbons (Fsp3) is 0.375. The smallest absolute Gasteiger partial charge is 0.312 e. The highest BCUT2D eigenvalue weighted by Crippen LogP contribution is 2.39. The highest BCUT2D eigenvalue weighted by molar-refractivity contribution is 7.15. The molecule has 5 heteroatoms. The molecule has 1 aliphatic rings. The van der Waals surface area contributed by atoms with Gasteiger partial charge in [-0.05, 0) is 56.4 Å². The molecule has 1 aliphatic carbocycles. The molecule has 2 N–H and O–H groups in total. The Morgan fingerprint density at radius 3 is 2.62 bits per heavy atom. The number of fused-ring (bicyclic) bond motifs is 1. The fourth-order valence-electron chi connectivity index (χ4n) is 2.86. The van der Waals surface area contributed by atoms with Crippen LogP contribution in [-0.2, 0) is 11.2 Å². The van der Waals surface area contributed by atoms with E-state index in [9.17, 15) is 15.0 Å². The van der Waals surface area contributed by atoms with E-state index in [2.05, 4.69) is 4.98 Å². The zero-order valence-corrected chi connectivity index (χ0v) is 12.8. The summed E-state index contributed by atoms with van der Waals surface area (Å²) < 4.78 is 0. The number of phenolic OH excluding ortho intramolecular Hbond substituents is 1. The van der Waals surface area contributed by atoms with Gasteiger partial charge in [-0.15, -0.1) is 11.3 Å². The van der Waals surface area contributed by atoms with E-state index in [0.29, 0.717) is 12.2 Å². The zero-order chi connectivity index (χ0) is 15.1. The van der Waals surface area contributed by atoms with Crippen LogP contribution in [0.3, 0.4) is 0 Å². The van der Waals surface area contributed by atoms with Crippen LogP contribution in [0.2, 0.25) is 0 Å². The first-order chi connectivity index (χ1) is 9.97. The zero-order valence-electron chi connectivity index (χ0n) is 12.0. The van der Waals surface area contributed by atoms with Crippen molar-refractivity contribution in [3.63, 3.8) is 0 Å². The average Bonchev–Trinajstić information content (AvgIpc) is 2.87. The molecular weight excluding hydrogens is 286 g/mol. The third kappa shape index (κ3) is 2.42. The Balaban J connectivity index is 2.07. The van der Waals surface area contributed by atoms with Crippen LogP contribution in [0.4, 0.5) is 0 Å². The molecule has 1 aromatic heterocycles. The van der Waals surface area contributed by atoms with Gasteiger partial charge >= 0.3 is 5.97 Å². The van der Waals surface area contributed by atoms with Gasteiger partial charge in [-0.25, -0.2) is 4.98 Å². The summed E-state index contributed by atoms with van der Waals surface area (Å²) in [6.07, 6.45) is 2.48. The number of benzene rings is 1. The molecule has 21 heavy (non-hydrogen) atoms. The van der Waals surface area contributed by atoms with Gasteiger partial charge in [0.15, 0.2) is 0 Å². The van der Waals surface area contributed by atoms with Gasteiger partial charge in [0.25, 0.3) is 0 Å². The normalized spacial score (nSPS) is 17.5. The van der Waals surface area contributed by atoms with Crippen molar-refractivity contribution >= 4 is 17.3 Å². The molecule has 0 fully saturated rings. The SMILES string of the molecule is Cc1cc(-c2nc3c(s2)CCCC3C(=O)O)cc(C)c1O. The number of carboxylic acids is 1. The first kappa shape index (κ1) is 14.1. The lowest BCUT2D eigenvalue weighted by molar-refractivity contribution is -0.139. The van der Waals surface area contributed by atoms with Crippen LogP contribution in [-0.4, -0.2) is 21.2 Å². The molecule has 3 rings (SSSR count). The molecule has 4 nitrogen and oxygen atoms in total. The quantitative estimate of drug-likeness (QED) is 0.888. The minimum atomic E-state index is -0.786. The van der Waals surface area contributed by atoms with Crippen LogP contribution in [0.1, 0.15) is 40.5 Å². The second-order valence-corrected chi connectivity index (χ2v) is 6.65. The number of rotatable bonds is 2. The maximum absolute atomic E-state index is 11.3. The molecule has 1 atom stereocenters. The molecule has 1 aromatic carbocycles. The highest BCUT2D eigenvalue weighted by atomic mass is 32.1. The number of hydrogen-bond donors (Lipinski definition) is 2. The van der Waals surface area contributed by atoms with E-state index in [4.69, 9.17) is 0 Å². The molecule has 0 saturated heterocycles. The van der Waals surface area contributed by atoms with E-state index in [-0.39, 0.29) is 0 Å². The van der Waals surface area contributed by atoms with E-state index in [1.165, 1.54) is 0 Å². The summed E-state index contributed by atoms with van der Waals surface area (Å²) in [7, 11) is 0. The molecule has 0 aliphatic heterocycles. The number of carboxylic acid groups (broad SMARTS) is 1. The molecule has 1 unspecified atom stereocenters. The average molecular weight is 303 g/mol. The summed E-state index contributed by atoms with van der Waals surface area (Å²) in [5.41, 5.74) is 3.31. The molecule has 0 radical (unpaired) electrons. The van der Waals surface area contributed by atoms with Gasteiger partial charge in [-0.1, -0.05) is 0 Å². The summed E-state index contributed by atoms with van der Waals surface area (Å²) in [6.45, 7) is 3.72. The number of hydrogen-bond acceptors (Lipinski definition) is 4. The van der Waals surface area contributed by atoms with Gasteiger partial charge < -0.3 is 10.2 Å². The fourth-order valence-corrected chi connectivity index (χ4v) is 4.01. The Kier molecular flexibility index (Phi) is 3.45. The van der Waals surface area contributed by atoms with Crippen molar-refractivity contribution in [2.75, 3.05) is 0 Å². The molecule has 0 bridgehead atoms. The molecule has 1 heterocycles. The van der Waals surface area contributed by atoms with Crippen molar-refractivity contribution in [2.45, 2.75) is 39.0 Å². The molecule has 0 saturated carbocycles. The van der Waals surface area contributed by atoms with Gasteiger partial charge in [-0.2, -0.15) is 0 Å². The van der Waals surface area contributed by atoms with Crippen LogP contribution >= 0.6 is 11.3 Å². The first-order valence-corrected chi connectivity index (χ1v) is 7.82. The van der Waals surface area contributed by atoms with Crippen molar-refractivity contribution in [3.05, 3.63) is 33.8 Å². The van der Waals surface area contributed by atoms with Gasteiger partial charge in [-0.3, -0.25) is 4.79 Å². The molecular formula is C16H17NO3S. The van der Waals surface area contributed by atoms with Crippen LogP contribution in [0, 0.1) is 13.8 Å². The third-order valence-electron chi connectivity index (χ3n) is 3.99. The van der Waals surface area contributed by atoms with Gasteiger partial charge in [0.05, 0.1) is 11.6 Å². The second-order valence-electron chi connectivity index (χ2n) is 5.57. The van der Waals surface area contributed by atoms with Crippen LogP contribution in [0.15, 0.2) is 12.1 Å². The summed E-state index contributed by atoms with van der Waals surface area (Å²) in [4.78, 5) is 17.0. The predicted octanol–water partition coefficient (Wildman–Crippen LogP) is 3.64. The summed E-state index contributed by atoms with van der Waals surface area (Å²) >= 11 is 1.58. The van der Waals surface area contributed by atoms with E-state index < -0.39 is 11.9 Å².